The number of rotatable bonds is 5. The minimum absolute atomic E-state index is 0.0118. The van der Waals surface area contributed by atoms with Gasteiger partial charge in [-0.1, -0.05) is 0 Å². The maximum absolute atomic E-state index is 12.8. The molecule has 7 heteroatoms. The number of benzene rings is 1. The van der Waals surface area contributed by atoms with E-state index in [1.54, 1.807) is 42.0 Å². The van der Waals surface area contributed by atoms with E-state index in [0.717, 1.165) is 5.56 Å². The van der Waals surface area contributed by atoms with Crippen LogP contribution >= 0.6 is 0 Å². The number of aromatic nitrogens is 3. The molecular formula is C19H20N4O3. The van der Waals surface area contributed by atoms with Gasteiger partial charge in [-0.05, 0) is 56.7 Å². The van der Waals surface area contributed by atoms with E-state index < -0.39 is 0 Å². The van der Waals surface area contributed by atoms with Gasteiger partial charge in [-0.15, -0.1) is 0 Å². The second-order valence-electron chi connectivity index (χ2n) is 5.86. The molecule has 134 valence electrons. The quantitative estimate of drug-likeness (QED) is 0.762. The van der Waals surface area contributed by atoms with Crippen molar-refractivity contribution in [3.63, 3.8) is 0 Å². The summed E-state index contributed by atoms with van der Waals surface area (Å²) in [6.07, 6.45) is 1.61. The molecule has 0 radical (unpaired) electrons. The lowest BCUT2D eigenvalue weighted by atomic mass is 10.1. The molecule has 1 aromatic carbocycles. The molecular weight excluding hydrogens is 332 g/mol. The van der Waals surface area contributed by atoms with Crippen molar-refractivity contribution in [2.75, 3.05) is 18.5 Å². The molecule has 2 heterocycles. The SMILES string of the molecule is CCOCC(=O)Nc1ccc(-n2c(C)nc3ncccc3c2=O)cc1C. The largest absolute Gasteiger partial charge is 0.372 e. The lowest BCUT2D eigenvalue weighted by Gasteiger charge is -2.14. The molecule has 0 saturated carbocycles. The molecule has 0 fully saturated rings. The van der Waals surface area contributed by atoms with E-state index in [1.807, 2.05) is 19.9 Å². The van der Waals surface area contributed by atoms with Crippen LogP contribution in [0.25, 0.3) is 16.7 Å². The van der Waals surface area contributed by atoms with Crippen LogP contribution in [0, 0.1) is 13.8 Å². The number of nitrogens with zero attached hydrogens (tertiary/aromatic N) is 3. The van der Waals surface area contributed by atoms with E-state index in [4.69, 9.17) is 4.74 Å². The van der Waals surface area contributed by atoms with E-state index in [0.29, 0.717) is 34.8 Å². The molecule has 1 N–H and O–H groups in total. The Morgan fingerprint density at radius 1 is 1.27 bits per heavy atom. The van der Waals surface area contributed by atoms with Gasteiger partial charge in [-0.2, -0.15) is 0 Å². The van der Waals surface area contributed by atoms with Gasteiger partial charge in [-0.3, -0.25) is 14.2 Å². The second kappa shape index (κ2) is 7.45. The number of fused-ring (bicyclic) bond motifs is 1. The predicted molar refractivity (Wildman–Crippen MR) is 99.7 cm³/mol. The van der Waals surface area contributed by atoms with Crippen LogP contribution in [-0.4, -0.2) is 33.7 Å². The summed E-state index contributed by atoms with van der Waals surface area (Å²) in [5.41, 5.74) is 2.46. The van der Waals surface area contributed by atoms with E-state index in [-0.39, 0.29) is 18.1 Å². The third-order valence-corrected chi connectivity index (χ3v) is 3.99. The Morgan fingerprint density at radius 2 is 2.08 bits per heavy atom. The summed E-state index contributed by atoms with van der Waals surface area (Å²) in [7, 11) is 0. The van der Waals surface area contributed by atoms with Crippen molar-refractivity contribution in [3.05, 3.63) is 58.3 Å². The summed E-state index contributed by atoms with van der Waals surface area (Å²) in [5, 5.41) is 3.27. The van der Waals surface area contributed by atoms with E-state index >= 15 is 0 Å². The van der Waals surface area contributed by atoms with E-state index in [9.17, 15) is 9.59 Å². The number of aryl methyl sites for hydroxylation is 2. The van der Waals surface area contributed by atoms with Gasteiger partial charge in [0.25, 0.3) is 5.56 Å². The molecule has 26 heavy (non-hydrogen) atoms. The summed E-state index contributed by atoms with van der Waals surface area (Å²) in [4.78, 5) is 33.2. The maximum atomic E-state index is 12.8. The molecule has 2 aromatic heterocycles. The van der Waals surface area contributed by atoms with Crippen molar-refractivity contribution in [1.82, 2.24) is 14.5 Å². The number of anilines is 1. The summed E-state index contributed by atoms with van der Waals surface area (Å²) < 4.78 is 6.65. The number of ether oxygens (including phenoxy) is 1. The van der Waals surface area contributed by atoms with Crippen molar-refractivity contribution in [2.45, 2.75) is 20.8 Å². The van der Waals surface area contributed by atoms with Gasteiger partial charge in [0.1, 0.15) is 12.4 Å². The topological polar surface area (TPSA) is 86.1 Å². The molecule has 1 amide bonds. The van der Waals surface area contributed by atoms with Crippen LogP contribution in [0.15, 0.2) is 41.3 Å². The number of hydrogen-bond donors (Lipinski definition) is 1. The number of carbonyl (C=O) groups excluding carboxylic acids is 1. The third kappa shape index (κ3) is 3.48. The number of pyridine rings is 1. The Morgan fingerprint density at radius 3 is 2.81 bits per heavy atom. The zero-order valence-corrected chi connectivity index (χ0v) is 14.9. The van der Waals surface area contributed by atoms with E-state index in [1.165, 1.54) is 0 Å². The van der Waals surface area contributed by atoms with Crippen LogP contribution in [0.4, 0.5) is 5.69 Å². The van der Waals surface area contributed by atoms with Crippen molar-refractivity contribution < 1.29 is 9.53 Å². The molecule has 3 rings (SSSR count). The Hall–Kier alpha value is -3.06. The molecule has 0 aliphatic rings. The minimum Gasteiger partial charge on any atom is -0.372 e. The molecule has 0 saturated heterocycles. The minimum atomic E-state index is -0.213. The van der Waals surface area contributed by atoms with Crippen molar-refractivity contribution in [3.8, 4) is 5.69 Å². The smallest absolute Gasteiger partial charge is 0.267 e. The fourth-order valence-electron chi connectivity index (χ4n) is 2.74. The first-order chi connectivity index (χ1) is 12.5. The monoisotopic (exact) mass is 352 g/mol. The number of hydrogen-bond acceptors (Lipinski definition) is 5. The third-order valence-electron chi connectivity index (χ3n) is 3.99. The summed E-state index contributed by atoms with van der Waals surface area (Å²) in [6.45, 7) is 5.97. The average molecular weight is 352 g/mol. The molecule has 0 aliphatic heterocycles. The zero-order chi connectivity index (χ0) is 18.7. The predicted octanol–water partition coefficient (Wildman–Crippen LogP) is 2.37. The van der Waals surface area contributed by atoms with Gasteiger partial charge in [0.15, 0.2) is 5.65 Å². The lowest BCUT2D eigenvalue weighted by molar-refractivity contribution is -0.120. The number of carbonyl (C=O) groups is 1. The normalized spacial score (nSPS) is 10.9. The molecule has 0 atom stereocenters. The van der Waals surface area contributed by atoms with Crippen LogP contribution in [0.5, 0.6) is 0 Å². The fraction of sp³-hybridized carbons (Fsp3) is 0.263. The molecule has 7 nitrogen and oxygen atoms in total. The highest BCUT2D eigenvalue weighted by molar-refractivity contribution is 5.92. The summed E-state index contributed by atoms with van der Waals surface area (Å²) >= 11 is 0. The number of nitrogens with one attached hydrogen (secondary N) is 1. The Bertz CT molecular complexity index is 1030. The fourth-order valence-corrected chi connectivity index (χ4v) is 2.74. The first-order valence-electron chi connectivity index (χ1n) is 8.34. The van der Waals surface area contributed by atoms with Gasteiger partial charge in [0.05, 0.1) is 11.1 Å². The Kier molecular flexibility index (Phi) is 5.09. The number of amides is 1. The molecule has 0 bridgehead atoms. The molecule has 0 aliphatic carbocycles. The van der Waals surface area contributed by atoms with Gasteiger partial charge < -0.3 is 10.1 Å². The van der Waals surface area contributed by atoms with Crippen LogP contribution in [0.1, 0.15) is 18.3 Å². The van der Waals surface area contributed by atoms with Crippen molar-refractivity contribution in [2.24, 2.45) is 0 Å². The highest BCUT2D eigenvalue weighted by Crippen LogP contribution is 2.19. The molecule has 0 unspecified atom stereocenters. The first-order valence-corrected chi connectivity index (χ1v) is 8.34. The molecule has 3 aromatic rings. The summed E-state index contributed by atoms with van der Waals surface area (Å²) in [5.74, 6) is 0.336. The van der Waals surface area contributed by atoms with Gasteiger partial charge in [-0.25, -0.2) is 9.97 Å². The van der Waals surface area contributed by atoms with Gasteiger partial charge >= 0.3 is 0 Å². The highest BCUT2D eigenvalue weighted by atomic mass is 16.5. The highest BCUT2D eigenvalue weighted by Gasteiger charge is 2.12. The Balaban J connectivity index is 1.98. The van der Waals surface area contributed by atoms with Crippen LogP contribution in [0.3, 0.4) is 0 Å². The second-order valence-corrected chi connectivity index (χ2v) is 5.86. The molecule has 0 spiro atoms. The summed E-state index contributed by atoms with van der Waals surface area (Å²) in [6, 6.07) is 8.82. The van der Waals surface area contributed by atoms with Crippen LogP contribution in [-0.2, 0) is 9.53 Å². The van der Waals surface area contributed by atoms with Crippen LogP contribution in [0.2, 0.25) is 0 Å². The standard InChI is InChI=1S/C19H20N4O3/c1-4-26-11-17(24)22-16-8-7-14(10-12(16)2)23-13(3)21-18-15(19(23)25)6-5-9-20-18/h5-10H,4,11H2,1-3H3,(H,22,24). The van der Waals surface area contributed by atoms with Crippen molar-refractivity contribution in [1.29, 1.82) is 0 Å². The average Bonchev–Trinajstić information content (AvgIpc) is 2.62. The maximum Gasteiger partial charge on any atom is 0.267 e. The zero-order valence-electron chi connectivity index (χ0n) is 14.9. The van der Waals surface area contributed by atoms with E-state index in [2.05, 4.69) is 15.3 Å². The van der Waals surface area contributed by atoms with Crippen LogP contribution < -0.4 is 10.9 Å². The lowest BCUT2D eigenvalue weighted by Crippen LogP contribution is -2.23. The Labute approximate surface area is 150 Å². The van der Waals surface area contributed by atoms with Crippen molar-refractivity contribution >= 4 is 22.6 Å². The van der Waals surface area contributed by atoms with Gasteiger partial charge in [0.2, 0.25) is 5.91 Å². The first kappa shape index (κ1) is 17.8. The van der Waals surface area contributed by atoms with Gasteiger partial charge in [0, 0.05) is 18.5 Å².